The van der Waals surface area contributed by atoms with Gasteiger partial charge in [-0.15, -0.1) is 0 Å². The number of amides is 1. The van der Waals surface area contributed by atoms with Crippen molar-refractivity contribution in [3.8, 4) is 0 Å². The number of carbonyl (C=O) groups is 1. The van der Waals surface area contributed by atoms with Gasteiger partial charge < -0.3 is 4.42 Å². The van der Waals surface area contributed by atoms with Crippen molar-refractivity contribution in [2.75, 3.05) is 0 Å². The summed E-state index contributed by atoms with van der Waals surface area (Å²) in [6, 6.07) is 15.3. The number of benzene rings is 1. The Kier molecular flexibility index (Phi) is 3.55. The molecule has 0 N–H and O–H groups in total. The molecule has 0 fully saturated rings. The summed E-state index contributed by atoms with van der Waals surface area (Å²) in [5.74, 6) is 0.0929. The molecule has 5 heteroatoms. The summed E-state index contributed by atoms with van der Waals surface area (Å²) >= 11 is 1.63. The molecule has 1 aliphatic rings. The van der Waals surface area contributed by atoms with E-state index < -0.39 is 0 Å². The molecule has 0 spiro atoms. The van der Waals surface area contributed by atoms with Gasteiger partial charge >= 0.3 is 5.91 Å². The SMILES string of the molecule is O=C(c1ccco1)N1N=C(c2ccsc2)C[C@@H]1c1ccccc1. The molecule has 1 aromatic carbocycles. The summed E-state index contributed by atoms with van der Waals surface area (Å²) in [5, 5.41) is 10.2. The lowest BCUT2D eigenvalue weighted by Crippen LogP contribution is -2.26. The van der Waals surface area contributed by atoms with E-state index in [0.29, 0.717) is 12.2 Å². The molecule has 0 unspecified atom stereocenters. The third-order valence-corrected chi connectivity index (χ3v) is 4.57. The minimum absolute atomic E-state index is 0.108. The first-order valence-electron chi connectivity index (χ1n) is 7.35. The topological polar surface area (TPSA) is 45.8 Å². The molecule has 4 nitrogen and oxygen atoms in total. The highest BCUT2D eigenvalue weighted by Crippen LogP contribution is 2.34. The maximum atomic E-state index is 12.7. The fourth-order valence-corrected chi connectivity index (χ4v) is 3.41. The number of nitrogens with zero attached hydrogens (tertiary/aromatic N) is 2. The Morgan fingerprint density at radius 1 is 1.17 bits per heavy atom. The van der Waals surface area contributed by atoms with Crippen LogP contribution in [0.15, 0.2) is 75.1 Å². The Morgan fingerprint density at radius 3 is 2.74 bits per heavy atom. The number of furan rings is 1. The average molecular weight is 322 g/mol. The molecule has 1 amide bonds. The first kappa shape index (κ1) is 14.0. The van der Waals surface area contributed by atoms with Crippen molar-refractivity contribution in [3.05, 3.63) is 82.4 Å². The van der Waals surface area contributed by atoms with E-state index >= 15 is 0 Å². The Balaban J connectivity index is 1.72. The van der Waals surface area contributed by atoms with Gasteiger partial charge in [-0.1, -0.05) is 30.3 Å². The Morgan fingerprint density at radius 2 is 2.04 bits per heavy atom. The third kappa shape index (κ3) is 2.59. The van der Waals surface area contributed by atoms with Gasteiger partial charge in [-0.05, 0) is 34.5 Å². The monoisotopic (exact) mass is 322 g/mol. The average Bonchev–Trinajstić information content (AvgIpc) is 3.35. The first-order valence-corrected chi connectivity index (χ1v) is 8.29. The van der Waals surface area contributed by atoms with Crippen LogP contribution in [0.2, 0.25) is 0 Å². The minimum atomic E-state index is -0.214. The molecule has 114 valence electrons. The standard InChI is InChI=1S/C18H14N2O2S/c21-18(17-7-4-9-22-17)20-16(13-5-2-1-3-6-13)11-15(19-20)14-8-10-23-12-14/h1-10,12,16H,11H2/t16-/m1/s1. The third-order valence-electron chi connectivity index (χ3n) is 3.89. The number of hydrogen-bond donors (Lipinski definition) is 0. The van der Waals surface area contributed by atoms with Crippen molar-refractivity contribution in [2.24, 2.45) is 5.10 Å². The zero-order valence-electron chi connectivity index (χ0n) is 12.3. The van der Waals surface area contributed by atoms with Crippen LogP contribution in [0.5, 0.6) is 0 Å². The number of hydrazone groups is 1. The van der Waals surface area contributed by atoms with E-state index in [9.17, 15) is 4.79 Å². The molecule has 3 heterocycles. The summed E-state index contributed by atoms with van der Waals surface area (Å²) in [7, 11) is 0. The van der Waals surface area contributed by atoms with E-state index in [1.54, 1.807) is 28.5 Å². The summed E-state index contributed by atoms with van der Waals surface area (Å²) in [5.41, 5.74) is 3.08. The largest absolute Gasteiger partial charge is 0.459 e. The maximum Gasteiger partial charge on any atom is 0.310 e. The van der Waals surface area contributed by atoms with Gasteiger partial charge in [0.25, 0.3) is 0 Å². The zero-order chi connectivity index (χ0) is 15.6. The van der Waals surface area contributed by atoms with Gasteiger partial charge in [0.1, 0.15) is 0 Å². The van der Waals surface area contributed by atoms with Crippen LogP contribution in [-0.2, 0) is 0 Å². The van der Waals surface area contributed by atoms with E-state index in [-0.39, 0.29) is 11.9 Å². The predicted octanol–water partition coefficient (Wildman–Crippen LogP) is 4.33. The van der Waals surface area contributed by atoms with Crippen molar-refractivity contribution < 1.29 is 9.21 Å². The molecule has 1 atom stereocenters. The number of carbonyl (C=O) groups excluding carboxylic acids is 1. The molecule has 0 bridgehead atoms. The van der Waals surface area contributed by atoms with Gasteiger partial charge in [0.2, 0.25) is 0 Å². The lowest BCUT2D eigenvalue weighted by molar-refractivity contribution is 0.0678. The summed E-state index contributed by atoms with van der Waals surface area (Å²) in [4.78, 5) is 12.7. The van der Waals surface area contributed by atoms with Crippen molar-refractivity contribution in [1.82, 2.24) is 5.01 Å². The van der Waals surface area contributed by atoms with Gasteiger partial charge in [0.15, 0.2) is 5.76 Å². The van der Waals surface area contributed by atoms with Gasteiger partial charge in [-0.2, -0.15) is 16.4 Å². The molecule has 3 aromatic rings. The van der Waals surface area contributed by atoms with Crippen LogP contribution in [0.1, 0.15) is 34.1 Å². The smallest absolute Gasteiger partial charge is 0.310 e. The van der Waals surface area contributed by atoms with Crippen LogP contribution >= 0.6 is 11.3 Å². The molecule has 0 saturated carbocycles. The molecule has 23 heavy (non-hydrogen) atoms. The van der Waals surface area contributed by atoms with Crippen LogP contribution < -0.4 is 0 Å². The van der Waals surface area contributed by atoms with Crippen LogP contribution in [0.25, 0.3) is 0 Å². The molecule has 4 rings (SSSR count). The highest BCUT2D eigenvalue weighted by Gasteiger charge is 2.34. The fraction of sp³-hybridized carbons (Fsp3) is 0.111. The fourth-order valence-electron chi connectivity index (χ4n) is 2.75. The molecular formula is C18H14N2O2S. The second-order valence-electron chi connectivity index (χ2n) is 5.32. The highest BCUT2D eigenvalue weighted by atomic mass is 32.1. The quantitative estimate of drug-likeness (QED) is 0.720. The van der Waals surface area contributed by atoms with Crippen LogP contribution in [0.3, 0.4) is 0 Å². The summed E-state index contributed by atoms with van der Waals surface area (Å²) in [6.45, 7) is 0. The molecule has 1 aliphatic heterocycles. The second-order valence-corrected chi connectivity index (χ2v) is 6.10. The Labute approximate surface area is 137 Å². The summed E-state index contributed by atoms with van der Waals surface area (Å²) in [6.07, 6.45) is 2.21. The van der Waals surface area contributed by atoms with E-state index in [0.717, 1.165) is 16.8 Å². The molecular weight excluding hydrogens is 308 g/mol. The van der Waals surface area contributed by atoms with Crippen LogP contribution in [0.4, 0.5) is 0 Å². The van der Waals surface area contributed by atoms with Crippen LogP contribution in [-0.4, -0.2) is 16.6 Å². The highest BCUT2D eigenvalue weighted by molar-refractivity contribution is 7.08. The first-order chi connectivity index (χ1) is 11.3. The minimum Gasteiger partial charge on any atom is -0.459 e. The number of rotatable bonds is 3. The van der Waals surface area contributed by atoms with Gasteiger partial charge in [0, 0.05) is 12.0 Å². The Hall–Kier alpha value is -2.66. The number of hydrogen-bond acceptors (Lipinski definition) is 4. The normalized spacial score (nSPS) is 17.3. The van der Waals surface area contributed by atoms with Gasteiger partial charge in [0.05, 0.1) is 18.0 Å². The van der Waals surface area contributed by atoms with Gasteiger partial charge in [-0.3, -0.25) is 4.79 Å². The zero-order valence-corrected chi connectivity index (χ0v) is 13.1. The van der Waals surface area contributed by atoms with Crippen molar-refractivity contribution in [2.45, 2.75) is 12.5 Å². The summed E-state index contributed by atoms with van der Waals surface area (Å²) < 4.78 is 5.26. The van der Waals surface area contributed by atoms with E-state index in [1.807, 2.05) is 41.8 Å². The van der Waals surface area contributed by atoms with Crippen molar-refractivity contribution in [1.29, 1.82) is 0 Å². The van der Waals surface area contributed by atoms with E-state index in [4.69, 9.17) is 4.42 Å². The van der Waals surface area contributed by atoms with Crippen molar-refractivity contribution in [3.63, 3.8) is 0 Å². The van der Waals surface area contributed by atoms with Gasteiger partial charge in [-0.25, -0.2) is 5.01 Å². The number of thiophene rings is 1. The predicted molar refractivity (Wildman–Crippen MR) is 89.5 cm³/mol. The lowest BCUT2D eigenvalue weighted by Gasteiger charge is -2.20. The lowest BCUT2D eigenvalue weighted by atomic mass is 9.99. The van der Waals surface area contributed by atoms with E-state index in [2.05, 4.69) is 10.5 Å². The van der Waals surface area contributed by atoms with Crippen molar-refractivity contribution >= 4 is 23.0 Å². The maximum absolute atomic E-state index is 12.7. The molecule has 0 saturated heterocycles. The molecule has 0 radical (unpaired) electrons. The molecule has 2 aromatic heterocycles. The van der Waals surface area contributed by atoms with Crippen LogP contribution in [0, 0.1) is 0 Å². The van der Waals surface area contributed by atoms with E-state index in [1.165, 1.54) is 6.26 Å². The Bertz CT molecular complexity index is 823. The second kappa shape index (κ2) is 5.85. The molecule has 0 aliphatic carbocycles.